The minimum absolute atomic E-state index is 0. The van der Waals surface area contributed by atoms with Crippen LogP contribution in [0.5, 0.6) is 11.5 Å². The molecule has 0 bridgehead atoms. The van der Waals surface area contributed by atoms with Gasteiger partial charge in [-0.3, -0.25) is 4.79 Å². The molecule has 0 aromatic heterocycles. The summed E-state index contributed by atoms with van der Waals surface area (Å²) >= 11 is 0. The summed E-state index contributed by atoms with van der Waals surface area (Å²) in [4.78, 5) is 13.7. The van der Waals surface area contributed by atoms with E-state index in [-0.39, 0.29) is 14.1 Å². The molecular formula is C31H36N2O5S. The van der Waals surface area contributed by atoms with Gasteiger partial charge in [-0.15, -0.1) is 0 Å². The molecule has 1 aliphatic heterocycles. The number of nitrogens with zero attached hydrogens (tertiary/aromatic N) is 1. The Balaban J connectivity index is 0.00000323. The first kappa shape index (κ1) is 25.9. The van der Waals surface area contributed by atoms with Gasteiger partial charge < -0.3 is 14.8 Å². The number of amides is 1. The maximum atomic E-state index is 13.4. The second kappa shape index (κ2) is 9.99. The second-order valence-corrected chi connectivity index (χ2v) is 12.9. The van der Waals surface area contributed by atoms with Crippen molar-refractivity contribution in [1.82, 2.24) is 4.31 Å². The summed E-state index contributed by atoms with van der Waals surface area (Å²) in [5.41, 5.74) is 3.99. The van der Waals surface area contributed by atoms with E-state index in [2.05, 4.69) is 5.32 Å². The zero-order chi connectivity index (χ0) is 27.2. The standard InChI is InChI=1S/C31H34N2O5S.H2/c1-3-16-33(19-22-5-6-22)39(35,36)26-11-7-23(8-12-26)27-18-25(10-4-21(27)2)32-30(34)31(14-15-31)24-9-13-28-29(17-24)38-20-37-28;/h4,7-13,17-18,22H,3,5-6,14-16,19-20H2,1-2H3,(H,32,34);1H. The van der Waals surface area contributed by atoms with Gasteiger partial charge in [0, 0.05) is 20.2 Å². The van der Waals surface area contributed by atoms with Gasteiger partial charge in [0.2, 0.25) is 22.7 Å². The van der Waals surface area contributed by atoms with Gasteiger partial charge in [-0.2, -0.15) is 4.31 Å². The third-order valence-electron chi connectivity index (χ3n) is 8.04. The molecule has 2 fully saturated rings. The number of benzene rings is 3. The fourth-order valence-corrected chi connectivity index (χ4v) is 6.94. The van der Waals surface area contributed by atoms with E-state index in [9.17, 15) is 13.2 Å². The number of aryl methyl sites for hydroxylation is 1. The minimum Gasteiger partial charge on any atom is -0.454 e. The normalized spacial score (nSPS) is 17.3. The van der Waals surface area contributed by atoms with Crippen molar-refractivity contribution in [2.75, 3.05) is 25.2 Å². The summed E-state index contributed by atoms with van der Waals surface area (Å²) in [6.45, 7) is 5.36. The fourth-order valence-electron chi connectivity index (χ4n) is 5.33. The highest BCUT2D eigenvalue weighted by molar-refractivity contribution is 7.89. The van der Waals surface area contributed by atoms with E-state index in [4.69, 9.17) is 9.47 Å². The summed E-state index contributed by atoms with van der Waals surface area (Å²) in [5.74, 6) is 1.84. The zero-order valence-electron chi connectivity index (χ0n) is 22.4. The SMILES string of the molecule is CCCN(CC1CC1)S(=O)(=O)c1ccc(-c2cc(NC(=O)C3(c4ccc5c(c4)OCO5)CC3)ccc2C)cc1.[HH]. The monoisotopic (exact) mass is 548 g/mol. The number of fused-ring (bicyclic) bond motifs is 1. The molecule has 1 amide bonds. The molecule has 1 heterocycles. The molecule has 2 saturated carbocycles. The third kappa shape index (κ3) is 5.03. The lowest BCUT2D eigenvalue weighted by atomic mass is 9.94. The first-order valence-electron chi connectivity index (χ1n) is 13.7. The molecule has 3 aliphatic rings. The Morgan fingerprint density at radius 1 is 1.03 bits per heavy atom. The lowest BCUT2D eigenvalue weighted by Crippen LogP contribution is -2.33. The minimum atomic E-state index is -3.53. The van der Waals surface area contributed by atoms with Crippen molar-refractivity contribution < 1.29 is 24.1 Å². The van der Waals surface area contributed by atoms with Crippen LogP contribution in [0.25, 0.3) is 11.1 Å². The van der Waals surface area contributed by atoms with Gasteiger partial charge in [-0.25, -0.2) is 8.42 Å². The molecule has 206 valence electrons. The molecule has 0 atom stereocenters. The molecule has 8 heteroatoms. The summed E-state index contributed by atoms with van der Waals surface area (Å²) < 4.78 is 39.2. The Morgan fingerprint density at radius 3 is 2.46 bits per heavy atom. The number of carbonyl (C=O) groups excluding carboxylic acids is 1. The van der Waals surface area contributed by atoms with E-state index >= 15 is 0 Å². The number of hydrogen-bond donors (Lipinski definition) is 1. The van der Waals surface area contributed by atoms with Gasteiger partial charge in [0.1, 0.15) is 0 Å². The number of ether oxygens (including phenoxy) is 2. The molecule has 2 aliphatic carbocycles. The molecule has 0 radical (unpaired) electrons. The van der Waals surface area contributed by atoms with E-state index in [0.717, 1.165) is 54.4 Å². The van der Waals surface area contributed by atoms with Gasteiger partial charge in [-0.05, 0) is 104 Å². The van der Waals surface area contributed by atoms with E-state index in [1.54, 1.807) is 16.4 Å². The topological polar surface area (TPSA) is 84.9 Å². The predicted octanol–water partition coefficient (Wildman–Crippen LogP) is 6.12. The third-order valence-corrected chi connectivity index (χ3v) is 9.92. The Bertz CT molecular complexity index is 1520. The smallest absolute Gasteiger partial charge is 0.243 e. The maximum Gasteiger partial charge on any atom is 0.243 e. The summed E-state index contributed by atoms with van der Waals surface area (Å²) in [6, 6.07) is 18.7. The van der Waals surface area contributed by atoms with Crippen LogP contribution in [0, 0.1) is 12.8 Å². The van der Waals surface area contributed by atoms with Crippen LogP contribution < -0.4 is 14.8 Å². The van der Waals surface area contributed by atoms with Gasteiger partial charge in [0.05, 0.1) is 10.3 Å². The van der Waals surface area contributed by atoms with E-state index < -0.39 is 15.4 Å². The predicted molar refractivity (Wildman–Crippen MR) is 153 cm³/mol. The molecule has 0 saturated heterocycles. The summed E-state index contributed by atoms with van der Waals surface area (Å²) in [7, 11) is -3.53. The van der Waals surface area contributed by atoms with Crippen LogP contribution in [0.2, 0.25) is 0 Å². The van der Waals surface area contributed by atoms with Gasteiger partial charge in [0.15, 0.2) is 11.5 Å². The molecule has 0 spiro atoms. The van der Waals surface area contributed by atoms with Crippen molar-refractivity contribution in [1.29, 1.82) is 0 Å². The lowest BCUT2D eigenvalue weighted by molar-refractivity contribution is -0.118. The Kier molecular flexibility index (Phi) is 6.63. The van der Waals surface area contributed by atoms with Crippen LogP contribution >= 0.6 is 0 Å². The molecule has 3 aromatic rings. The maximum absolute atomic E-state index is 13.4. The first-order chi connectivity index (χ1) is 18.8. The highest BCUT2D eigenvalue weighted by Gasteiger charge is 2.51. The Labute approximate surface area is 231 Å². The van der Waals surface area contributed by atoms with E-state index in [1.807, 2.05) is 62.4 Å². The number of rotatable bonds is 10. The van der Waals surface area contributed by atoms with Crippen LogP contribution in [0.15, 0.2) is 65.6 Å². The van der Waals surface area contributed by atoms with Crippen molar-refractivity contribution in [3.8, 4) is 22.6 Å². The molecule has 39 heavy (non-hydrogen) atoms. The largest absolute Gasteiger partial charge is 0.454 e. The van der Waals surface area contributed by atoms with Gasteiger partial charge in [0.25, 0.3) is 0 Å². The average Bonchev–Trinajstić information content (AvgIpc) is 3.87. The number of anilines is 1. The van der Waals surface area contributed by atoms with Crippen molar-refractivity contribution in [3.05, 3.63) is 71.8 Å². The molecule has 3 aromatic carbocycles. The highest BCUT2D eigenvalue weighted by atomic mass is 32.2. The average molecular weight is 549 g/mol. The first-order valence-corrected chi connectivity index (χ1v) is 15.2. The number of sulfonamides is 1. The summed E-state index contributed by atoms with van der Waals surface area (Å²) in [6.07, 6.45) is 4.57. The van der Waals surface area contributed by atoms with Gasteiger partial charge >= 0.3 is 0 Å². The second-order valence-electron chi connectivity index (χ2n) is 11.0. The van der Waals surface area contributed by atoms with Crippen molar-refractivity contribution >= 4 is 21.6 Å². The van der Waals surface area contributed by atoms with Gasteiger partial charge in [-0.1, -0.05) is 31.2 Å². The van der Waals surface area contributed by atoms with Crippen molar-refractivity contribution in [2.24, 2.45) is 5.92 Å². The van der Waals surface area contributed by atoms with Crippen LogP contribution in [0.3, 0.4) is 0 Å². The molecule has 1 N–H and O–H groups in total. The molecule has 0 unspecified atom stereocenters. The number of carbonyl (C=O) groups is 1. The van der Waals surface area contributed by atoms with E-state index in [1.165, 1.54) is 0 Å². The van der Waals surface area contributed by atoms with E-state index in [0.29, 0.717) is 41.1 Å². The fraction of sp³-hybridized carbons (Fsp3) is 0.387. The highest BCUT2D eigenvalue weighted by Crippen LogP contribution is 2.51. The zero-order valence-corrected chi connectivity index (χ0v) is 23.2. The molecule has 6 rings (SSSR count). The van der Waals surface area contributed by atoms with Crippen molar-refractivity contribution in [2.45, 2.75) is 56.3 Å². The number of nitrogens with one attached hydrogen (secondary N) is 1. The quantitative estimate of drug-likeness (QED) is 0.330. The summed E-state index contributed by atoms with van der Waals surface area (Å²) in [5, 5.41) is 3.12. The molecular weight excluding hydrogens is 512 g/mol. The van der Waals surface area contributed by atoms with Crippen LogP contribution in [-0.2, 0) is 20.2 Å². The van der Waals surface area contributed by atoms with Crippen LogP contribution in [0.1, 0.15) is 51.6 Å². The van der Waals surface area contributed by atoms with Crippen LogP contribution in [0.4, 0.5) is 5.69 Å². The Hall–Kier alpha value is -3.36. The molecule has 7 nitrogen and oxygen atoms in total. The lowest BCUT2D eigenvalue weighted by Gasteiger charge is -2.21. The van der Waals surface area contributed by atoms with Crippen LogP contribution in [-0.4, -0.2) is 38.5 Å². The van der Waals surface area contributed by atoms with Crippen molar-refractivity contribution in [3.63, 3.8) is 0 Å². The number of hydrogen-bond acceptors (Lipinski definition) is 5. The Morgan fingerprint density at radius 2 is 1.77 bits per heavy atom.